The molecule has 1 amide bonds. The van der Waals surface area contributed by atoms with Gasteiger partial charge in [0.15, 0.2) is 11.6 Å². The fourth-order valence-electron chi connectivity index (χ4n) is 4.11. The van der Waals surface area contributed by atoms with Crippen molar-refractivity contribution in [1.82, 2.24) is 20.3 Å². The number of methoxy groups -OCH3 is 2. The van der Waals surface area contributed by atoms with Gasteiger partial charge in [0.2, 0.25) is 5.91 Å². The molecule has 5 rings (SSSR count). The van der Waals surface area contributed by atoms with Gasteiger partial charge in [-0.05, 0) is 42.5 Å². The maximum atomic E-state index is 13.5. The van der Waals surface area contributed by atoms with Gasteiger partial charge in [0.25, 0.3) is 10.0 Å². The molecule has 3 aromatic carbocycles. The summed E-state index contributed by atoms with van der Waals surface area (Å²) in [6.07, 6.45) is 1.68. The third-order valence-electron chi connectivity index (χ3n) is 6.16. The van der Waals surface area contributed by atoms with E-state index in [1.807, 2.05) is 24.3 Å². The number of aromatic nitrogens is 3. The van der Waals surface area contributed by atoms with Crippen molar-refractivity contribution in [3.05, 3.63) is 96.8 Å². The summed E-state index contributed by atoms with van der Waals surface area (Å²) in [5.74, 6) is 0.876. The molecule has 0 spiro atoms. The quantitative estimate of drug-likeness (QED) is 0.163. The van der Waals surface area contributed by atoms with Gasteiger partial charge >= 0.3 is 0 Å². The van der Waals surface area contributed by atoms with Gasteiger partial charge < -0.3 is 25.4 Å². The van der Waals surface area contributed by atoms with E-state index in [0.717, 1.165) is 5.69 Å². The number of nitrogens with one attached hydrogen (secondary N) is 4. The first-order valence-electron chi connectivity index (χ1n) is 13.1. The molecule has 0 atom stereocenters. The molecule has 2 aromatic heterocycles. The fraction of sp³-hybridized carbons (Fsp3) is 0.133. The van der Waals surface area contributed by atoms with Crippen molar-refractivity contribution in [2.45, 2.75) is 11.4 Å². The molecule has 5 aromatic rings. The van der Waals surface area contributed by atoms with Crippen LogP contribution in [0.5, 0.6) is 11.5 Å². The average Bonchev–Trinajstić information content (AvgIpc) is 3.01. The molecule has 0 saturated carbocycles. The van der Waals surface area contributed by atoms with Crippen molar-refractivity contribution < 1.29 is 22.7 Å². The minimum absolute atomic E-state index is 0.0164. The summed E-state index contributed by atoms with van der Waals surface area (Å²) in [6, 6.07) is 23.7. The van der Waals surface area contributed by atoms with E-state index in [1.54, 1.807) is 54.7 Å². The van der Waals surface area contributed by atoms with Gasteiger partial charge in [0.1, 0.15) is 11.5 Å². The van der Waals surface area contributed by atoms with Crippen LogP contribution in [0.3, 0.4) is 0 Å². The molecule has 220 valence electrons. The number of sulfonamides is 1. The van der Waals surface area contributed by atoms with Gasteiger partial charge in [-0.1, -0.05) is 24.3 Å². The van der Waals surface area contributed by atoms with Crippen molar-refractivity contribution >= 4 is 50.0 Å². The van der Waals surface area contributed by atoms with Gasteiger partial charge in [-0.2, -0.15) is 0 Å². The zero-order valence-electron chi connectivity index (χ0n) is 23.4. The molecular formula is C30H29N7O5S. The van der Waals surface area contributed by atoms with Crippen LogP contribution in [0.1, 0.15) is 5.69 Å². The van der Waals surface area contributed by atoms with E-state index in [9.17, 15) is 13.2 Å². The minimum atomic E-state index is -4.15. The summed E-state index contributed by atoms with van der Waals surface area (Å²) >= 11 is 0. The first-order chi connectivity index (χ1) is 20.8. The molecule has 0 unspecified atom stereocenters. The average molecular weight is 600 g/mol. The van der Waals surface area contributed by atoms with Crippen LogP contribution in [-0.2, 0) is 21.4 Å². The third-order valence-corrected chi connectivity index (χ3v) is 7.50. The molecule has 0 saturated heterocycles. The molecule has 0 bridgehead atoms. The zero-order chi connectivity index (χ0) is 30.2. The van der Waals surface area contributed by atoms with Gasteiger partial charge in [0, 0.05) is 42.3 Å². The fourth-order valence-corrected chi connectivity index (χ4v) is 5.17. The number of carbonyl (C=O) groups excluding carboxylic acids is 1. The topological polar surface area (TPSA) is 156 Å². The standard InChI is InChI=1S/C30H29N7O5S/c1-41-23-14-22(15-24(17-23)42-2)34-29-30(36-27-12-4-3-11-26(27)35-29)37-43(39,40)25-10-7-9-20(16-25)33-28(38)19-31-18-21-8-5-6-13-32-21/h3-17,31H,18-19H2,1-2H3,(H,33,38)(H,34,35)(H,36,37). The summed E-state index contributed by atoms with van der Waals surface area (Å²) in [7, 11) is -1.09. The second-order valence-electron chi connectivity index (χ2n) is 9.24. The lowest BCUT2D eigenvalue weighted by Gasteiger charge is -2.15. The molecular weight excluding hydrogens is 570 g/mol. The number of pyridine rings is 1. The smallest absolute Gasteiger partial charge is 0.263 e. The van der Waals surface area contributed by atoms with E-state index in [2.05, 4.69) is 35.6 Å². The van der Waals surface area contributed by atoms with Gasteiger partial charge in [0.05, 0.1) is 42.4 Å². The van der Waals surface area contributed by atoms with E-state index in [1.165, 1.54) is 26.4 Å². The molecule has 2 heterocycles. The Morgan fingerprint density at radius 3 is 2.16 bits per heavy atom. The molecule has 12 nitrogen and oxygen atoms in total. The molecule has 4 N–H and O–H groups in total. The lowest BCUT2D eigenvalue weighted by molar-refractivity contribution is -0.115. The lowest BCUT2D eigenvalue weighted by atomic mass is 10.2. The van der Waals surface area contributed by atoms with Crippen LogP contribution in [0.4, 0.5) is 23.0 Å². The Bertz CT molecular complexity index is 1830. The van der Waals surface area contributed by atoms with Gasteiger partial charge in [-0.15, -0.1) is 0 Å². The number of carbonyl (C=O) groups is 1. The van der Waals surface area contributed by atoms with Crippen molar-refractivity contribution in [2.24, 2.45) is 0 Å². The van der Waals surface area contributed by atoms with Crippen LogP contribution < -0.4 is 30.1 Å². The minimum Gasteiger partial charge on any atom is -0.497 e. The van der Waals surface area contributed by atoms with Crippen LogP contribution in [-0.4, -0.2) is 50.0 Å². The van der Waals surface area contributed by atoms with Crippen LogP contribution >= 0.6 is 0 Å². The first kappa shape index (κ1) is 29.2. The highest BCUT2D eigenvalue weighted by Crippen LogP contribution is 2.31. The number of anilines is 4. The van der Waals surface area contributed by atoms with Crippen LogP contribution in [0, 0.1) is 0 Å². The Kier molecular flexibility index (Phi) is 8.93. The number of ether oxygens (including phenoxy) is 2. The highest BCUT2D eigenvalue weighted by molar-refractivity contribution is 7.92. The lowest BCUT2D eigenvalue weighted by Crippen LogP contribution is -2.28. The van der Waals surface area contributed by atoms with Gasteiger partial charge in [-0.25, -0.2) is 18.4 Å². The number of para-hydroxylation sites is 2. The van der Waals surface area contributed by atoms with Crippen molar-refractivity contribution in [3.63, 3.8) is 0 Å². The first-order valence-corrected chi connectivity index (χ1v) is 14.6. The van der Waals surface area contributed by atoms with Crippen LogP contribution in [0.2, 0.25) is 0 Å². The Labute approximate surface area is 248 Å². The van der Waals surface area contributed by atoms with E-state index in [4.69, 9.17) is 9.47 Å². The maximum Gasteiger partial charge on any atom is 0.263 e. The normalized spacial score (nSPS) is 11.1. The van der Waals surface area contributed by atoms with Crippen LogP contribution in [0.15, 0.2) is 96.0 Å². The molecule has 13 heteroatoms. The molecule has 0 fully saturated rings. The number of nitrogens with zero attached hydrogens (tertiary/aromatic N) is 3. The zero-order valence-corrected chi connectivity index (χ0v) is 24.2. The van der Waals surface area contributed by atoms with Crippen molar-refractivity contribution in [2.75, 3.05) is 36.1 Å². The molecule has 43 heavy (non-hydrogen) atoms. The highest BCUT2D eigenvalue weighted by atomic mass is 32.2. The molecule has 0 radical (unpaired) electrons. The molecule has 0 aliphatic rings. The van der Waals surface area contributed by atoms with E-state index < -0.39 is 10.0 Å². The summed E-state index contributed by atoms with van der Waals surface area (Å²) in [6.45, 7) is 0.431. The van der Waals surface area contributed by atoms with E-state index in [-0.39, 0.29) is 29.0 Å². The number of hydrogen-bond donors (Lipinski definition) is 4. The van der Waals surface area contributed by atoms with E-state index >= 15 is 0 Å². The number of amides is 1. The van der Waals surface area contributed by atoms with Gasteiger partial charge in [-0.3, -0.25) is 14.5 Å². The number of hydrogen-bond acceptors (Lipinski definition) is 10. The Balaban J connectivity index is 1.36. The second kappa shape index (κ2) is 13.1. The number of fused-ring (bicyclic) bond motifs is 1. The van der Waals surface area contributed by atoms with Crippen LogP contribution in [0.25, 0.3) is 11.0 Å². The number of rotatable bonds is 12. The maximum absolute atomic E-state index is 13.5. The Morgan fingerprint density at radius 2 is 1.49 bits per heavy atom. The summed E-state index contributed by atoms with van der Waals surface area (Å²) in [5, 5.41) is 8.86. The monoisotopic (exact) mass is 599 g/mol. The summed E-state index contributed by atoms with van der Waals surface area (Å²) in [5.41, 5.74) is 2.71. The predicted octanol–water partition coefficient (Wildman–Crippen LogP) is 4.31. The highest BCUT2D eigenvalue weighted by Gasteiger charge is 2.20. The van der Waals surface area contributed by atoms with Crippen molar-refractivity contribution in [3.8, 4) is 11.5 Å². The molecule has 0 aliphatic heterocycles. The third kappa shape index (κ3) is 7.52. The Morgan fingerprint density at radius 1 is 0.791 bits per heavy atom. The summed E-state index contributed by atoms with van der Waals surface area (Å²) < 4.78 is 40.3. The van der Waals surface area contributed by atoms with E-state index in [0.29, 0.717) is 40.5 Å². The molecule has 0 aliphatic carbocycles. The SMILES string of the molecule is COc1cc(Nc2nc3ccccc3nc2NS(=O)(=O)c2cccc(NC(=O)CNCc3ccccn3)c2)cc(OC)c1. The Hall–Kier alpha value is -5.27. The predicted molar refractivity (Wildman–Crippen MR) is 164 cm³/mol. The second-order valence-corrected chi connectivity index (χ2v) is 10.9. The largest absolute Gasteiger partial charge is 0.497 e. The van der Waals surface area contributed by atoms with Crippen molar-refractivity contribution in [1.29, 1.82) is 0 Å². The summed E-state index contributed by atoms with van der Waals surface area (Å²) in [4.78, 5) is 25.8. The number of benzene rings is 3.